The minimum Gasteiger partial charge on any atom is -0.497 e. The molecule has 0 unspecified atom stereocenters. The molecule has 0 atom stereocenters. The van der Waals surface area contributed by atoms with E-state index in [-0.39, 0.29) is 17.6 Å². The number of methoxy groups -OCH3 is 1. The van der Waals surface area contributed by atoms with Crippen LogP contribution in [-0.2, 0) is 16.1 Å². The molecule has 0 radical (unpaired) electrons. The van der Waals surface area contributed by atoms with E-state index in [4.69, 9.17) is 4.74 Å². The molecule has 0 spiro atoms. The zero-order valence-corrected chi connectivity index (χ0v) is 14.3. The third kappa shape index (κ3) is 5.87. The standard InChI is InChI=1S/C14H16N4O3S2/c1-9(19)16-13-17-18-14(23-13)22-8-12(20)15-7-10-3-5-11(21-2)6-4-10/h3-6H,7-8H2,1-2H3,(H,15,20)(H,16,17,19). The van der Waals surface area contributed by atoms with Gasteiger partial charge in [-0.1, -0.05) is 35.2 Å². The van der Waals surface area contributed by atoms with Gasteiger partial charge in [0.15, 0.2) is 4.34 Å². The third-order valence-corrected chi connectivity index (χ3v) is 4.64. The van der Waals surface area contributed by atoms with E-state index in [2.05, 4.69) is 20.8 Å². The molecule has 2 N–H and O–H groups in total. The number of rotatable bonds is 7. The quantitative estimate of drug-likeness (QED) is 0.584. The largest absolute Gasteiger partial charge is 0.497 e. The number of carbonyl (C=O) groups is 2. The van der Waals surface area contributed by atoms with E-state index in [1.165, 1.54) is 30.0 Å². The van der Waals surface area contributed by atoms with Crippen molar-refractivity contribution in [2.24, 2.45) is 0 Å². The molecule has 0 fully saturated rings. The molecule has 2 amide bonds. The van der Waals surface area contributed by atoms with Crippen LogP contribution in [0, 0.1) is 0 Å². The molecular weight excluding hydrogens is 336 g/mol. The Balaban J connectivity index is 1.74. The van der Waals surface area contributed by atoms with E-state index in [9.17, 15) is 9.59 Å². The second-order valence-corrected chi connectivity index (χ2v) is 6.67. The monoisotopic (exact) mass is 352 g/mol. The Kier molecular flexibility index (Phi) is 6.36. The molecule has 23 heavy (non-hydrogen) atoms. The number of thioether (sulfide) groups is 1. The van der Waals surface area contributed by atoms with Crippen molar-refractivity contribution in [3.63, 3.8) is 0 Å². The highest BCUT2D eigenvalue weighted by Gasteiger charge is 2.09. The zero-order valence-electron chi connectivity index (χ0n) is 12.7. The molecular formula is C14H16N4O3S2. The highest BCUT2D eigenvalue weighted by atomic mass is 32.2. The van der Waals surface area contributed by atoms with Crippen LogP contribution in [0.25, 0.3) is 0 Å². The van der Waals surface area contributed by atoms with Crippen molar-refractivity contribution in [3.8, 4) is 5.75 Å². The van der Waals surface area contributed by atoms with Crippen molar-refractivity contribution in [2.45, 2.75) is 17.8 Å². The average molecular weight is 352 g/mol. The lowest BCUT2D eigenvalue weighted by molar-refractivity contribution is -0.118. The third-order valence-electron chi connectivity index (χ3n) is 2.66. The van der Waals surface area contributed by atoms with Crippen LogP contribution in [0.4, 0.5) is 5.13 Å². The molecule has 2 aromatic rings. The predicted molar refractivity (Wildman–Crippen MR) is 89.8 cm³/mol. The fourth-order valence-corrected chi connectivity index (χ4v) is 3.22. The summed E-state index contributed by atoms with van der Waals surface area (Å²) in [7, 11) is 1.61. The van der Waals surface area contributed by atoms with Crippen LogP contribution in [0.1, 0.15) is 12.5 Å². The minimum atomic E-state index is -0.199. The number of aromatic nitrogens is 2. The maximum Gasteiger partial charge on any atom is 0.230 e. The lowest BCUT2D eigenvalue weighted by Crippen LogP contribution is -2.24. The number of hydrogen-bond acceptors (Lipinski definition) is 7. The highest BCUT2D eigenvalue weighted by molar-refractivity contribution is 8.01. The summed E-state index contributed by atoms with van der Waals surface area (Å²) in [5, 5.41) is 13.5. The van der Waals surface area contributed by atoms with E-state index in [1.54, 1.807) is 7.11 Å². The van der Waals surface area contributed by atoms with Gasteiger partial charge in [-0.05, 0) is 17.7 Å². The average Bonchev–Trinajstić information content (AvgIpc) is 2.98. The lowest BCUT2D eigenvalue weighted by Gasteiger charge is -2.05. The first-order chi connectivity index (χ1) is 11.1. The van der Waals surface area contributed by atoms with Crippen molar-refractivity contribution in [2.75, 3.05) is 18.2 Å². The number of nitrogens with zero attached hydrogens (tertiary/aromatic N) is 2. The van der Waals surface area contributed by atoms with Crippen molar-refractivity contribution < 1.29 is 14.3 Å². The number of amides is 2. The summed E-state index contributed by atoms with van der Waals surface area (Å²) >= 11 is 2.52. The molecule has 1 aromatic carbocycles. The number of anilines is 1. The maximum atomic E-state index is 11.8. The fraction of sp³-hybridized carbons (Fsp3) is 0.286. The van der Waals surface area contributed by atoms with E-state index in [1.807, 2.05) is 24.3 Å². The summed E-state index contributed by atoms with van der Waals surface area (Å²) in [6.07, 6.45) is 0. The van der Waals surface area contributed by atoms with E-state index in [0.717, 1.165) is 11.3 Å². The van der Waals surface area contributed by atoms with Crippen LogP contribution in [0.3, 0.4) is 0 Å². The molecule has 0 saturated heterocycles. The van der Waals surface area contributed by atoms with Crippen molar-refractivity contribution in [1.82, 2.24) is 15.5 Å². The van der Waals surface area contributed by atoms with Gasteiger partial charge in [0.1, 0.15) is 5.75 Å². The molecule has 0 bridgehead atoms. The molecule has 7 nitrogen and oxygen atoms in total. The van der Waals surface area contributed by atoms with Crippen molar-refractivity contribution in [3.05, 3.63) is 29.8 Å². The van der Waals surface area contributed by atoms with Crippen molar-refractivity contribution >= 4 is 40.0 Å². The highest BCUT2D eigenvalue weighted by Crippen LogP contribution is 2.25. The molecule has 0 aliphatic carbocycles. The van der Waals surface area contributed by atoms with Gasteiger partial charge >= 0.3 is 0 Å². The fourth-order valence-electron chi connectivity index (χ4n) is 1.59. The van der Waals surface area contributed by atoms with E-state index in [0.29, 0.717) is 16.0 Å². The molecule has 2 rings (SSSR count). The van der Waals surface area contributed by atoms with Crippen LogP contribution >= 0.6 is 23.1 Å². The van der Waals surface area contributed by atoms with Crippen LogP contribution in [-0.4, -0.2) is 34.9 Å². The van der Waals surface area contributed by atoms with Gasteiger partial charge in [0.25, 0.3) is 0 Å². The summed E-state index contributed by atoms with van der Waals surface area (Å²) in [6.45, 7) is 1.86. The number of hydrogen-bond donors (Lipinski definition) is 2. The number of benzene rings is 1. The Labute approximate surface area is 141 Å². The maximum absolute atomic E-state index is 11.8. The van der Waals surface area contributed by atoms with Gasteiger partial charge in [-0.3, -0.25) is 9.59 Å². The van der Waals surface area contributed by atoms with Crippen LogP contribution in [0.5, 0.6) is 5.75 Å². The lowest BCUT2D eigenvalue weighted by atomic mass is 10.2. The molecule has 1 heterocycles. The normalized spacial score (nSPS) is 10.2. The Morgan fingerprint density at radius 2 is 2.00 bits per heavy atom. The van der Waals surface area contributed by atoms with Gasteiger partial charge in [0.2, 0.25) is 16.9 Å². The smallest absolute Gasteiger partial charge is 0.230 e. The van der Waals surface area contributed by atoms with Gasteiger partial charge in [-0.15, -0.1) is 10.2 Å². The van der Waals surface area contributed by atoms with Gasteiger partial charge in [-0.25, -0.2) is 0 Å². The second-order valence-electron chi connectivity index (χ2n) is 4.47. The van der Waals surface area contributed by atoms with E-state index >= 15 is 0 Å². The SMILES string of the molecule is COc1ccc(CNC(=O)CSc2nnc(NC(C)=O)s2)cc1. The molecule has 0 saturated carbocycles. The number of ether oxygens (including phenoxy) is 1. The van der Waals surface area contributed by atoms with E-state index < -0.39 is 0 Å². The molecule has 122 valence electrons. The van der Waals surface area contributed by atoms with Gasteiger partial charge in [-0.2, -0.15) is 0 Å². The summed E-state index contributed by atoms with van der Waals surface area (Å²) in [5.41, 5.74) is 0.994. The predicted octanol–water partition coefficient (Wildman–Crippen LogP) is 1.91. The number of nitrogens with one attached hydrogen (secondary N) is 2. The van der Waals surface area contributed by atoms with Crippen LogP contribution < -0.4 is 15.4 Å². The second kappa shape index (κ2) is 8.49. The number of carbonyl (C=O) groups excluding carboxylic acids is 2. The Bertz CT molecular complexity index is 673. The Morgan fingerprint density at radius 1 is 1.26 bits per heavy atom. The van der Waals surface area contributed by atoms with Crippen LogP contribution in [0.15, 0.2) is 28.6 Å². The van der Waals surface area contributed by atoms with Crippen molar-refractivity contribution in [1.29, 1.82) is 0 Å². The first-order valence-electron chi connectivity index (χ1n) is 6.70. The first kappa shape index (κ1) is 17.2. The van der Waals surface area contributed by atoms with Gasteiger partial charge < -0.3 is 15.4 Å². The summed E-state index contributed by atoms with van der Waals surface area (Å²) < 4.78 is 5.71. The molecule has 0 aliphatic rings. The zero-order chi connectivity index (χ0) is 16.7. The summed E-state index contributed by atoms with van der Waals surface area (Å²) in [6, 6.07) is 7.50. The summed E-state index contributed by atoms with van der Waals surface area (Å²) in [4.78, 5) is 22.7. The Hall–Kier alpha value is -2.13. The topological polar surface area (TPSA) is 93.2 Å². The summed E-state index contributed by atoms with van der Waals surface area (Å²) in [5.74, 6) is 0.726. The Morgan fingerprint density at radius 3 is 2.65 bits per heavy atom. The minimum absolute atomic E-state index is 0.0953. The molecule has 9 heteroatoms. The molecule has 0 aliphatic heterocycles. The van der Waals surface area contributed by atoms with Gasteiger partial charge in [0.05, 0.1) is 12.9 Å². The van der Waals surface area contributed by atoms with Crippen LogP contribution in [0.2, 0.25) is 0 Å². The van der Waals surface area contributed by atoms with Gasteiger partial charge in [0, 0.05) is 13.5 Å². The molecule has 1 aromatic heterocycles. The first-order valence-corrected chi connectivity index (χ1v) is 8.50.